The topological polar surface area (TPSA) is 95.4 Å². The average Bonchev–Trinajstić information content (AvgIpc) is 2.87. The first kappa shape index (κ1) is 19.0. The standard InChI is InChI=1S/C17H18F3N3O4/c1-9-4-11(15(25)26)7-22(6-9)14(24)10-2-3-13-12(5-10)21-16(27)23(13)8-17(18,19)20/h2-3,5,9,11H,4,6-8H2,1H3,(H,21,27)(H,25,26). The number of alkyl halides is 3. The first-order valence-electron chi connectivity index (χ1n) is 8.36. The highest BCUT2D eigenvalue weighted by Crippen LogP contribution is 2.25. The fourth-order valence-electron chi connectivity index (χ4n) is 3.51. The van der Waals surface area contributed by atoms with Crippen LogP contribution in [0.5, 0.6) is 0 Å². The van der Waals surface area contributed by atoms with Gasteiger partial charge in [-0.25, -0.2) is 4.79 Å². The average molecular weight is 385 g/mol. The molecule has 0 spiro atoms. The van der Waals surface area contributed by atoms with Gasteiger partial charge in [-0.3, -0.25) is 14.2 Å². The van der Waals surface area contributed by atoms with Crippen molar-refractivity contribution in [2.45, 2.75) is 26.1 Å². The molecule has 27 heavy (non-hydrogen) atoms. The predicted octanol–water partition coefficient (Wildman–Crippen LogP) is 2.07. The van der Waals surface area contributed by atoms with E-state index in [0.29, 0.717) is 17.5 Å². The molecule has 2 aromatic rings. The Kier molecular flexibility index (Phi) is 4.75. The zero-order chi connectivity index (χ0) is 19.9. The molecule has 146 valence electrons. The third-order valence-electron chi connectivity index (χ3n) is 4.65. The van der Waals surface area contributed by atoms with Crippen molar-refractivity contribution in [1.82, 2.24) is 14.5 Å². The van der Waals surface area contributed by atoms with Gasteiger partial charge in [0.05, 0.1) is 17.0 Å². The molecule has 1 amide bonds. The van der Waals surface area contributed by atoms with E-state index in [0.717, 1.165) is 0 Å². The molecule has 0 radical (unpaired) electrons. The van der Waals surface area contributed by atoms with Gasteiger partial charge in [-0.2, -0.15) is 13.2 Å². The molecule has 2 unspecified atom stereocenters. The molecule has 7 nitrogen and oxygen atoms in total. The van der Waals surface area contributed by atoms with Gasteiger partial charge in [0.15, 0.2) is 0 Å². The van der Waals surface area contributed by atoms with Gasteiger partial charge in [0.2, 0.25) is 0 Å². The summed E-state index contributed by atoms with van der Waals surface area (Å²) in [6.45, 7) is 0.894. The van der Waals surface area contributed by atoms with Gasteiger partial charge in [0.1, 0.15) is 6.54 Å². The lowest BCUT2D eigenvalue weighted by Gasteiger charge is -2.34. The number of carbonyl (C=O) groups is 2. The van der Waals surface area contributed by atoms with Gasteiger partial charge in [-0.15, -0.1) is 0 Å². The minimum atomic E-state index is -4.55. The monoisotopic (exact) mass is 385 g/mol. The number of halogens is 3. The molecule has 2 heterocycles. The maximum absolute atomic E-state index is 12.7. The fraction of sp³-hybridized carbons (Fsp3) is 0.471. The number of H-pyrrole nitrogens is 1. The van der Waals surface area contributed by atoms with Gasteiger partial charge < -0.3 is 15.0 Å². The van der Waals surface area contributed by atoms with E-state index in [9.17, 15) is 32.7 Å². The lowest BCUT2D eigenvalue weighted by molar-refractivity contribution is -0.144. The maximum Gasteiger partial charge on any atom is 0.406 e. The predicted molar refractivity (Wildman–Crippen MR) is 89.4 cm³/mol. The van der Waals surface area contributed by atoms with Crippen LogP contribution >= 0.6 is 0 Å². The Hall–Kier alpha value is -2.78. The first-order chi connectivity index (χ1) is 12.5. The SMILES string of the molecule is CC1CC(C(=O)O)CN(C(=O)c2ccc3c(c2)[nH]c(=O)n3CC(F)(F)F)C1. The van der Waals surface area contributed by atoms with Crippen LogP contribution in [0.3, 0.4) is 0 Å². The van der Waals surface area contributed by atoms with Gasteiger partial charge >= 0.3 is 17.8 Å². The molecule has 2 atom stereocenters. The molecule has 1 fully saturated rings. The Bertz CT molecular complexity index is 947. The number of aliphatic carboxylic acids is 1. The number of rotatable bonds is 3. The number of aromatic amines is 1. The normalized spacial score (nSPS) is 20.8. The number of benzene rings is 1. The molecule has 1 aromatic heterocycles. The van der Waals surface area contributed by atoms with Crippen molar-refractivity contribution >= 4 is 22.9 Å². The molecular weight excluding hydrogens is 367 g/mol. The van der Waals surface area contributed by atoms with Crippen molar-refractivity contribution in [3.05, 3.63) is 34.2 Å². The largest absolute Gasteiger partial charge is 0.481 e. The molecule has 0 aliphatic carbocycles. The van der Waals surface area contributed by atoms with Crippen LogP contribution in [0.15, 0.2) is 23.0 Å². The van der Waals surface area contributed by atoms with Crippen molar-refractivity contribution in [2.75, 3.05) is 13.1 Å². The van der Waals surface area contributed by atoms with E-state index < -0.39 is 36.2 Å². The van der Waals surface area contributed by atoms with Crippen molar-refractivity contribution in [3.8, 4) is 0 Å². The molecule has 10 heteroatoms. The van der Waals surface area contributed by atoms with Crippen molar-refractivity contribution < 1.29 is 27.9 Å². The maximum atomic E-state index is 12.7. The zero-order valence-corrected chi connectivity index (χ0v) is 14.4. The molecule has 0 saturated carbocycles. The quantitative estimate of drug-likeness (QED) is 0.846. The number of likely N-dealkylation sites (tertiary alicyclic amines) is 1. The highest BCUT2D eigenvalue weighted by molar-refractivity contribution is 5.97. The van der Waals surface area contributed by atoms with Crippen LogP contribution in [-0.2, 0) is 11.3 Å². The summed E-state index contributed by atoms with van der Waals surface area (Å²) in [6.07, 6.45) is -4.07. The van der Waals surface area contributed by atoms with Crippen molar-refractivity contribution in [2.24, 2.45) is 11.8 Å². The van der Waals surface area contributed by atoms with E-state index in [1.807, 2.05) is 6.92 Å². The summed E-state index contributed by atoms with van der Waals surface area (Å²) in [6, 6.07) is 3.95. The van der Waals surface area contributed by atoms with Crippen molar-refractivity contribution in [3.63, 3.8) is 0 Å². The summed E-state index contributed by atoms with van der Waals surface area (Å²) in [5.74, 6) is -2.03. The number of nitrogens with one attached hydrogen (secondary N) is 1. The molecule has 1 aliphatic rings. The number of hydrogen-bond acceptors (Lipinski definition) is 3. The molecule has 1 aromatic carbocycles. The van der Waals surface area contributed by atoms with Crippen LogP contribution in [0.2, 0.25) is 0 Å². The summed E-state index contributed by atoms with van der Waals surface area (Å²) in [5.41, 5.74) is -0.565. The number of hydrogen-bond donors (Lipinski definition) is 2. The molecule has 1 saturated heterocycles. The Morgan fingerprint density at radius 1 is 1.30 bits per heavy atom. The van der Waals surface area contributed by atoms with Crippen LogP contribution in [0.4, 0.5) is 13.2 Å². The lowest BCUT2D eigenvalue weighted by atomic mass is 9.90. The van der Waals surface area contributed by atoms with Gasteiger partial charge in [0, 0.05) is 18.7 Å². The third-order valence-corrected chi connectivity index (χ3v) is 4.65. The molecule has 3 rings (SSSR count). The number of carboxylic acid groups (broad SMARTS) is 1. The summed E-state index contributed by atoms with van der Waals surface area (Å²) in [4.78, 5) is 39.6. The van der Waals surface area contributed by atoms with Gasteiger partial charge in [0.25, 0.3) is 5.91 Å². The summed E-state index contributed by atoms with van der Waals surface area (Å²) in [7, 11) is 0. The second-order valence-electron chi connectivity index (χ2n) is 6.95. The van der Waals surface area contributed by atoms with E-state index in [2.05, 4.69) is 4.98 Å². The van der Waals surface area contributed by atoms with Crippen LogP contribution in [0.1, 0.15) is 23.7 Å². The Morgan fingerprint density at radius 2 is 2.00 bits per heavy atom. The Labute approximate surface area is 151 Å². The first-order valence-corrected chi connectivity index (χ1v) is 8.36. The fourth-order valence-corrected chi connectivity index (χ4v) is 3.51. The number of piperidine rings is 1. The number of amides is 1. The minimum absolute atomic E-state index is 0.0141. The molecule has 1 aliphatic heterocycles. The number of imidazole rings is 1. The second kappa shape index (κ2) is 6.75. The molecule has 0 bridgehead atoms. The number of fused-ring (bicyclic) bond motifs is 1. The van der Waals surface area contributed by atoms with E-state index in [-0.39, 0.29) is 29.1 Å². The summed E-state index contributed by atoms with van der Waals surface area (Å²) >= 11 is 0. The van der Waals surface area contributed by atoms with Gasteiger partial charge in [-0.05, 0) is 30.5 Å². The zero-order valence-electron chi connectivity index (χ0n) is 14.4. The molecular formula is C17H18F3N3O4. The van der Waals surface area contributed by atoms with E-state index >= 15 is 0 Å². The number of carbonyl (C=O) groups excluding carboxylic acids is 1. The molecule has 2 N–H and O–H groups in total. The smallest absolute Gasteiger partial charge is 0.406 e. The van der Waals surface area contributed by atoms with Crippen LogP contribution in [-0.4, -0.2) is 50.7 Å². The lowest BCUT2D eigenvalue weighted by Crippen LogP contribution is -2.45. The number of carboxylic acids is 1. The van der Waals surface area contributed by atoms with Crippen LogP contribution in [0, 0.1) is 11.8 Å². The summed E-state index contributed by atoms with van der Waals surface area (Å²) < 4.78 is 38.5. The number of nitrogens with zero attached hydrogens (tertiary/aromatic N) is 2. The highest BCUT2D eigenvalue weighted by Gasteiger charge is 2.33. The van der Waals surface area contributed by atoms with E-state index in [1.54, 1.807) is 0 Å². The van der Waals surface area contributed by atoms with E-state index in [1.165, 1.54) is 23.1 Å². The Balaban J connectivity index is 1.90. The Morgan fingerprint density at radius 3 is 2.63 bits per heavy atom. The minimum Gasteiger partial charge on any atom is -0.481 e. The van der Waals surface area contributed by atoms with Crippen LogP contribution in [0.25, 0.3) is 11.0 Å². The van der Waals surface area contributed by atoms with E-state index in [4.69, 9.17) is 0 Å². The number of aromatic nitrogens is 2. The second-order valence-corrected chi connectivity index (χ2v) is 6.95. The van der Waals surface area contributed by atoms with Crippen LogP contribution < -0.4 is 5.69 Å². The third kappa shape index (κ3) is 3.99. The van der Waals surface area contributed by atoms with Crippen molar-refractivity contribution in [1.29, 1.82) is 0 Å². The van der Waals surface area contributed by atoms with Gasteiger partial charge in [-0.1, -0.05) is 6.92 Å². The highest BCUT2D eigenvalue weighted by atomic mass is 19.4. The summed E-state index contributed by atoms with van der Waals surface area (Å²) in [5, 5.41) is 9.22.